The molecule has 0 heterocycles. The van der Waals surface area contributed by atoms with Crippen LogP contribution in [0.5, 0.6) is 5.75 Å². The van der Waals surface area contributed by atoms with Gasteiger partial charge in [0.1, 0.15) is 0 Å². The third-order valence-corrected chi connectivity index (χ3v) is 8.22. The summed E-state index contributed by atoms with van der Waals surface area (Å²) in [7, 11) is 2.46. The fourth-order valence-corrected chi connectivity index (χ4v) is 6.79. The Morgan fingerprint density at radius 3 is 2.41 bits per heavy atom. The van der Waals surface area contributed by atoms with Crippen molar-refractivity contribution >= 4 is 52.0 Å². The Morgan fingerprint density at radius 1 is 1.11 bits per heavy atom. The molecule has 0 spiro atoms. The predicted octanol–water partition coefficient (Wildman–Crippen LogP) is 1.85. The van der Waals surface area contributed by atoms with Crippen molar-refractivity contribution in [3.8, 4) is 5.75 Å². The molecule has 3 N–H and O–H groups in total. The van der Waals surface area contributed by atoms with Gasteiger partial charge in [0.2, 0.25) is 0 Å². The number of para-hydroxylation sites is 1. The first-order chi connectivity index (χ1) is 12.9. The van der Waals surface area contributed by atoms with Crippen LogP contribution in [0.4, 0.5) is 5.69 Å². The van der Waals surface area contributed by atoms with Crippen LogP contribution in [-0.2, 0) is 9.59 Å². The third-order valence-electron chi connectivity index (χ3n) is 3.36. The number of ether oxygens (including phenoxy) is 1. The second-order valence-electron chi connectivity index (χ2n) is 5.26. The van der Waals surface area contributed by atoms with Crippen LogP contribution in [0, 0.1) is 0 Å². The maximum atomic E-state index is 12.7. The van der Waals surface area contributed by atoms with Crippen molar-refractivity contribution in [2.75, 3.05) is 12.4 Å². The topological polar surface area (TPSA) is 113 Å². The molecular weight excluding hydrogens is 437 g/mol. The number of amides is 1. The van der Waals surface area contributed by atoms with E-state index in [1.165, 1.54) is 7.11 Å². The van der Waals surface area contributed by atoms with Gasteiger partial charge in [-0.05, 0) is 0 Å². The van der Waals surface area contributed by atoms with Crippen LogP contribution >= 0.6 is 10.2 Å². The van der Waals surface area contributed by atoms with Gasteiger partial charge in [0.15, 0.2) is 0 Å². The molecule has 1 atom stereocenters. The molecule has 7 nitrogen and oxygen atoms in total. The molecule has 0 saturated carbocycles. The minimum atomic E-state index is -1.20. The Labute approximate surface area is 165 Å². The first-order valence-corrected chi connectivity index (χ1v) is 11.5. The number of hydrogen-bond acceptors (Lipinski definition) is 5. The van der Waals surface area contributed by atoms with E-state index in [2.05, 4.69) is 5.32 Å². The summed E-state index contributed by atoms with van der Waals surface area (Å²) in [5.41, 5.74) is 0.996. The molecule has 2 rings (SSSR count). The number of carbonyl (C=O) groups excluding carboxylic acids is 1. The zero-order chi connectivity index (χ0) is 19.8. The number of aliphatic carboxylic acids is 2. The molecular formula is C18H17NO6SSe. The number of benzene rings is 2. The number of rotatable bonds is 9. The third kappa shape index (κ3) is 6.02. The van der Waals surface area contributed by atoms with Gasteiger partial charge in [0, 0.05) is 0 Å². The van der Waals surface area contributed by atoms with Crippen molar-refractivity contribution in [3.05, 3.63) is 54.1 Å². The predicted molar refractivity (Wildman–Crippen MR) is 104 cm³/mol. The molecule has 0 radical (unpaired) electrons. The zero-order valence-electron chi connectivity index (χ0n) is 14.2. The van der Waals surface area contributed by atoms with E-state index in [0.717, 1.165) is 10.2 Å². The monoisotopic (exact) mass is 455 g/mol. The first kappa shape index (κ1) is 20.8. The fraction of sp³-hybridized carbons (Fsp3) is 0.167. The number of carbonyl (C=O) groups is 3. The second kappa shape index (κ2) is 10.0. The average Bonchev–Trinajstić information content (AvgIpc) is 2.65. The van der Waals surface area contributed by atoms with Crippen LogP contribution < -0.4 is 14.5 Å². The van der Waals surface area contributed by atoms with Crippen LogP contribution in [0.15, 0.2) is 48.5 Å². The van der Waals surface area contributed by atoms with Crippen molar-refractivity contribution in [1.82, 2.24) is 0 Å². The van der Waals surface area contributed by atoms with Crippen molar-refractivity contribution in [1.29, 1.82) is 0 Å². The quantitative estimate of drug-likeness (QED) is 0.496. The Bertz CT molecular complexity index is 830. The molecule has 9 heteroatoms. The van der Waals surface area contributed by atoms with Crippen molar-refractivity contribution in [2.45, 2.75) is 11.7 Å². The van der Waals surface area contributed by atoms with Crippen molar-refractivity contribution < 1.29 is 29.3 Å². The van der Waals surface area contributed by atoms with Crippen molar-refractivity contribution in [2.24, 2.45) is 0 Å². The molecule has 0 fully saturated rings. The molecule has 27 heavy (non-hydrogen) atoms. The van der Waals surface area contributed by atoms with E-state index in [1.54, 1.807) is 42.5 Å². The van der Waals surface area contributed by atoms with Gasteiger partial charge in [-0.2, -0.15) is 0 Å². The maximum absolute atomic E-state index is 12.7. The molecule has 0 aliphatic carbocycles. The van der Waals surface area contributed by atoms with E-state index < -0.39 is 37.4 Å². The summed E-state index contributed by atoms with van der Waals surface area (Å²) in [6, 6.07) is 13.9. The van der Waals surface area contributed by atoms with Gasteiger partial charge in [-0.3, -0.25) is 0 Å². The summed E-state index contributed by atoms with van der Waals surface area (Å²) in [5, 5.41) is 19.8. The summed E-state index contributed by atoms with van der Waals surface area (Å²) in [6.07, 6.45) is -0.498. The fourth-order valence-electron chi connectivity index (χ4n) is 2.09. The molecule has 0 aliphatic heterocycles. The molecule has 0 aliphatic rings. The standard InChI is InChI=1S/C18H17NO6SSe/c1-25-13-9-5-8-12(17(22)19-11-6-3-2-4-7-11)16(13)27-26-14(18(23)24)10-15(20)21/h2-9,14H,10H2,1H3,(H,19,22)(H,20,21)(H,23,24). The van der Waals surface area contributed by atoms with Gasteiger partial charge >= 0.3 is 165 Å². The molecule has 2 aromatic rings. The number of carboxylic acids is 2. The summed E-state index contributed by atoms with van der Waals surface area (Å²) in [6.45, 7) is 0. The van der Waals surface area contributed by atoms with E-state index in [-0.39, 0.29) is 5.91 Å². The Kier molecular flexibility index (Phi) is 7.72. The number of hydrogen-bond donors (Lipinski definition) is 3. The molecule has 0 aromatic heterocycles. The minimum absolute atomic E-state index is 0.345. The Balaban J connectivity index is 2.25. The Hall–Kier alpha value is -2.48. The summed E-state index contributed by atoms with van der Waals surface area (Å²) in [5.74, 6) is -2.27. The molecule has 1 amide bonds. The van der Waals surface area contributed by atoms with Crippen LogP contribution in [-0.4, -0.2) is 54.3 Å². The van der Waals surface area contributed by atoms with E-state index in [1.807, 2.05) is 6.07 Å². The summed E-state index contributed by atoms with van der Waals surface area (Å²) in [4.78, 5) is 34.8. The first-order valence-electron chi connectivity index (χ1n) is 7.73. The molecule has 2 aromatic carbocycles. The van der Waals surface area contributed by atoms with Crippen molar-refractivity contribution in [3.63, 3.8) is 0 Å². The van der Waals surface area contributed by atoms with E-state index >= 15 is 0 Å². The van der Waals surface area contributed by atoms with E-state index in [4.69, 9.17) is 9.84 Å². The van der Waals surface area contributed by atoms with Gasteiger partial charge < -0.3 is 0 Å². The number of nitrogens with one attached hydrogen (secondary N) is 1. The van der Waals surface area contributed by atoms with Gasteiger partial charge in [-0.15, -0.1) is 0 Å². The Morgan fingerprint density at radius 2 is 1.81 bits per heavy atom. The zero-order valence-corrected chi connectivity index (χ0v) is 16.8. The van der Waals surface area contributed by atoms with Crippen LogP contribution in [0.3, 0.4) is 0 Å². The molecule has 0 saturated heterocycles. The average molecular weight is 454 g/mol. The summed E-state index contributed by atoms with van der Waals surface area (Å²) >= 11 is -0.547. The number of methoxy groups -OCH3 is 1. The molecule has 1 unspecified atom stereocenters. The van der Waals surface area contributed by atoms with E-state index in [0.29, 0.717) is 21.5 Å². The number of anilines is 1. The van der Waals surface area contributed by atoms with Gasteiger partial charge in [0.05, 0.1) is 0 Å². The van der Waals surface area contributed by atoms with Gasteiger partial charge in [-0.1, -0.05) is 0 Å². The van der Waals surface area contributed by atoms with Gasteiger partial charge in [0.25, 0.3) is 0 Å². The second-order valence-corrected chi connectivity index (χ2v) is 9.31. The van der Waals surface area contributed by atoms with Gasteiger partial charge in [-0.25, -0.2) is 0 Å². The van der Waals surface area contributed by atoms with Crippen LogP contribution in [0.1, 0.15) is 16.8 Å². The number of carboxylic acid groups (broad SMARTS) is 2. The van der Waals surface area contributed by atoms with Crippen LogP contribution in [0.25, 0.3) is 0 Å². The van der Waals surface area contributed by atoms with Crippen LogP contribution in [0.2, 0.25) is 0 Å². The SMILES string of the molecule is COc1cccc(C(=O)Nc2ccccc2)c1[Se]SC(CC(=O)O)C(=O)O. The summed E-state index contributed by atoms with van der Waals surface area (Å²) < 4.78 is 5.89. The molecule has 142 valence electrons. The van der Waals surface area contributed by atoms with E-state index in [9.17, 15) is 19.5 Å². The molecule has 0 bridgehead atoms. The normalized spacial score (nSPS) is 11.4.